The number of nitrogens with zero attached hydrogens (tertiary/aromatic N) is 1. The summed E-state index contributed by atoms with van der Waals surface area (Å²) in [5.41, 5.74) is 0.525. The second-order valence-corrected chi connectivity index (χ2v) is 6.87. The molecule has 1 heterocycles. The number of guanidine groups is 1. The Morgan fingerprint density at radius 1 is 1.35 bits per heavy atom. The Balaban J connectivity index is 0.00000200. The Hall–Kier alpha value is -0.300. The Kier molecular flexibility index (Phi) is 7.29. The molecule has 114 valence electrons. The van der Waals surface area contributed by atoms with Gasteiger partial charge in [0.1, 0.15) is 0 Å². The molecule has 0 radical (unpaired) electrons. The molecule has 1 aromatic heterocycles. The van der Waals surface area contributed by atoms with Gasteiger partial charge in [-0.05, 0) is 43.7 Å². The molecule has 0 unspecified atom stereocenters. The maximum atomic E-state index is 4.30. The van der Waals surface area contributed by atoms with E-state index in [4.69, 9.17) is 0 Å². The van der Waals surface area contributed by atoms with E-state index in [1.165, 1.54) is 35.4 Å². The predicted octanol–water partition coefficient (Wildman–Crippen LogP) is 3.92. The fourth-order valence-corrected chi connectivity index (χ4v) is 3.40. The van der Waals surface area contributed by atoms with Gasteiger partial charge in [0.05, 0.1) is 6.54 Å². The van der Waals surface area contributed by atoms with Crippen LogP contribution >= 0.6 is 35.3 Å². The van der Waals surface area contributed by atoms with Gasteiger partial charge in [0.25, 0.3) is 0 Å². The maximum absolute atomic E-state index is 4.30. The quantitative estimate of drug-likeness (QED) is 0.441. The molecule has 1 aliphatic rings. The molecule has 3 nitrogen and oxygen atoms in total. The van der Waals surface area contributed by atoms with Gasteiger partial charge in [-0.25, -0.2) is 0 Å². The first-order valence-corrected chi connectivity index (χ1v) is 7.99. The van der Waals surface area contributed by atoms with E-state index in [1.54, 1.807) is 0 Å². The van der Waals surface area contributed by atoms with E-state index in [-0.39, 0.29) is 24.0 Å². The van der Waals surface area contributed by atoms with E-state index < -0.39 is 0 Å². The highest BCUT2D eigenvalue weighted by Crippen LogP contribution is 2.42. The van der Waals surface area contributed by atoms with Crippen molar-refractivity contribution in [3.05, 3.63) is 21.9 Å². The summed E-state index contributed by atoms with van der Waals surface area (Å²) in [5, 5.41) is 6.88. The number of rotatable bonds is 5. The molecule has 1 aromatic rings. The van der Waals surface area contributed by atoms with E-state index in [0.717, 1.165) is 19.0 Å². The summed E-state index contributed by atoms with van der Waals surface area (Å²) in [7, 11) is 1.84. The average Bonchev–Trinajstić information content (AvgIpc) is 2.78. The second kappa shape index (κ2) is 8.22. The number of aryl methyl sites for hydroxylation is 1. The van der Waals surface area contributed by atoms with Gasteiger partial charge in [0.2, 0.25) is 0 Å². The fraction of sp³-hybridized carbons (Fsp3) is 0.667. The standard InChI is InChI=1S/C15H25N3S.HI/c1-4-15(8-5-9-15)11-18-14(16-3)17-10-13-7-6-12(2)19-13;/h6-7H,4-5,8-11H2,1-3H3,(H2,16,17,18);1H. The van der Waals surface area contributed by atoms with Crippen LogP contribution in [0.4, 0.5) is 0 Å². The highest BCUT2D eigenvalue weighted by atomic mass is 127. The minimum atomic E-state index is 0. The fourth-order valence-electron chi connectivity index (χ4n) is 2.57. The molecule has 0 aromatic carbocycles. The Labute approximate surface area is 143 Å². The number of aliphatic imine (C=N–C) groups is 1. The predicted molar refractivity (Wildman–Crippen MR) is 99.2 cm³/mol. The zero-order chi connectivity index (χ0) is 13.7. The largest absolute Gasteiger partial charge is 0.356 e. The van der Waals surface area contributed by atoms with Crippen molar-refractivity contribution in [2.24, 2.45) is 10.4 Å². The van der Waals surface area contributed by atoms with Crippen molar-refractivity contribution in [1.82, 2.24) is 10.6 Å². The van der Waals surface area contributed by atoms with Gasteiger partial charge >= 0.3 is 0 Å². The first-order chi connectivity index (χ1) is 9.17. The molecular formula is C15H26IN3S. The minimum absolute atomic E-state index is 0. The van der Waals surface area contributed by atoms with Crippen LogP contribution in [-0.4, -0.2) is 19.6 Å². The summed E-state index contributed by atoms with van der Waals surface area (Å²) in [6, 6.07) is 4.35. The molecule has 0 atom stereocenters. The third-order valence-electron chi connectivity index (χ3n) is 4.24. The van der Waals surface area contributed by atoms with Crippen LogP contribution < -0.4 is 10.6 Å². The third kappa shape index (κ3) is 4.62. The van der Waals surface area contributed by atoms with Crippen LogP contribution in [0.2, 0.25) is 0 Å². The summed E-state index contributed by atoms with van der Waals surface area (Å²) in [5.74, 6) is 0.922. The van der Waals surface area contributed by atoms with Crippen LogP contribution in [0.3, 0.4) is 0 Å². The lowest BCUT2D eigenvalue weighted by Crippen LogP contribution is -2.45. The second-order valence-electron chi connectivity index (χ2n) is 5.50. The van der Waals surface area contributed by atoms with Crippen LogP contribution in [0.15, 0.2) is 17.1 Å². The van der Waals surface area contributed by atoms with E-state index in [2.05, 4.69) is 41.6 Å². The van der Waals surface area contributed by atoms with E-state index in [0.29, 0.717) is 5.41 Å². The normalized spacial score (nSPS) is 17.1. The zero-order valence-corrected chi connectivity index (χ0v) is 15.8. The van der Waals surface area contributed by atoms with Crippen molar-refractivity contribution in [2.75, 3.05) is 13.6 Å². The molecular weight excluding hydrogens is 381 g/mol. The first kappa shape index (κ1) is 17.8. The smallest absolute Gasteiger partial charge is 0.191 e. The first-order valence-electron chi connectivity index (χ1n) is 7.17. The van der Waals surface area contributed by atoms with Gasteiger partial charge in [-0.2, -0.15) is 0 Å². The third-order valence-corrected chi connectivity index (χ3v) is 5.25. The SMILES string of the molecule is CCC1(CNC(=NC)NCc2ccc(C)s2)CCC1.I. The van der Waals surface area contributed by atoms with Crippen molar-refractivity contribution < 1.29 is 0 Å². The van der Waals surface area contributed by atoms with E-state index >= 15 is 0 Å². The van der Waals surface area contributed by atoms with Gasteiger partial charge in [-0.3, -0.25) is 4.99 Å². The molecule has 2 N–H and O–H groups in total. The van der Waals surface area contributed by atoms with Crippen LogP contribution in [0.1, 0.15) is 42.4 Å². The number of hydrogen-bond acceptors (Lipinski definition) is 2. The molecule has 1 aliphatic carbocycles. The average molecular weight is 407 g/mol. The minimum Gasteiger partial charge on any atom is -0.356 e. The molecule has 20 heavy (non-hydrogen) atoms. The number of halogens is 1. The van der Waals surface area contributed by atoms with Crippen molar-refractivity contribution in [3.8, 4) is 0 Å². The van der Waals surface area contributed by atoms with Crippen LogP contribution in [-0.2, 0) is 6.54 Å². The topological polar surface area (TPSA) is 36.4 Å². The summed E-state index contributed by atoms with van der Waals surface area (Å²) >= 11 is 1.84. The van der Waals surface area contributed by atoms with Gasteiger partial charge < -0.3 is 10.6 Å². The molecule has 1 saturated carbocycles. The summed E-state index contributed by atoms with van der Waals surface area (Å²) in [4.78, 5) is 7.02. The van der Waals surface area contributed by atoms with Gasteiger partial charge in [0, 0.05) is 23.3 Å². The number of nitrogens with one attached hydrogen (secondary N) is 2. The molecule has 0 amide bonds. The van der Waals surface area contributed by atoms with Crippen LogP contribution in [0.5, 0.6) is 0 Å². The molecule has 0 saturated heterocycles. The molecule has 5 heteroatoms. The highest BCUT2D eigenvalue weighted by molar-refractivity contribution is 14.0. The van der Waals surface area contributed by atoms with Crippen molar-refractivity contribution in [1.29, 1.82) is 0 Å². The molecule has 2 rings (SSSR count). The van der Waals surface area contributed by atoms with Gasteiger partial charge in [0.15, 0.2) is 5.96 Å². The zero-order valence-electron chi connectivity index (χ0n) is 12.7. The number of hydrogen-bond donors (Lipinski definition) is 2. The number of thiophene rings is 1. The van der Waals surface area contributed by atoms with Crippen molar-refractivity contribution >= 4 is 41.3 Å². The van der Waals surface area contributed by atoms with E-state index in [1.807, 2.05) is 18.4 Å². The summed E-state index contributed by atoms with van der Waals surface area (Å²) in [6.45, 7) is 6.35. The molecule has 0 bridgehead atoms. The monoisotopic (exact) mass is 407 g/mol. The lowest BCUT2D eigenvalue weighted by atomic mass is 9.67. The Morgan fingerprint density at radius 2 is 2.10 bits per heavy atom. The van der Waals surface area contributed by atoms with Crippen molar-refractivity contribution in [2.45, 2.75) is 46.1 Å². The molecule has 0 spiro atoms. The maximum Gasteiger partial charge on any atom is 0.191 e. The lowest BCUT2D eigenvalue weighted by Gasteiger charge is -2.41. The van der Waals surface area contributed by atoms with Crippen LogP contribution in [0, 0.1) is 12.3 Å². The van der Waals surface area contributed by atoms with Gasteiger partial charge in [-0.15, -0.1) is 35.3 Å². The van der Waals surface area contributed by atoms with E-state index in [9.17, 15) is 0 Å². The van der Waals surface area contributed by atoms with Crippen LogP contribution in [0.25, 0.3) is 0 Å². The highest BCUT2D eigenvalue weighted by Gasteiger charge is 2.34. The van der Waals surface area contributed by atoms with Crippen molar-refractivity contribution in [3.63, 3.8) is 0 Å². The lowest BCUT2D eigenvalue weighted by molar-refractivity contribution is 0.131. The Morgan fingerprint density at radius 3 is 2.55 bits per heavy atom. The van der Waals surface area contributed by atoms with Gasteiger partial charge in [-0.1, -0.05) is 13.3 Å². The molecule has 0 aliphatic heterocycles. The summed E-state index contributed by atoms with van der Waals surface area (Å²) < 4.78 is 0. The summed E-state index contributed by atoms with van der Waals surface area (Å²) in [6.07, 6.45) is 5.37. The molecule has 1 fully saturated rings. The Bertz CT molecular complexity index is 433.